The summed E-state index contributed by atoms with van der Waals surface area (Å²) in [5, 5.41) is 2.27. The lowest BCUT2D eigenvalue weighted by Crippen LogP contribution is -2.26. The highest BCUT2D eigenvalue weighted by molar-refractivity contribution is 6.20. The molecule has 1 aliphatic rings. The van der Waals surface area contributed by atoms with Crippen molar-refractivity contribution in [3.63, 3.8) is 0 Å². The summed E-state index contributed by atoms with van der Waals surface area (Å²) in [6.45, 7) is 16.6. The SMILES string of the molecule is Cc1cc(-n2c3cc(Oc4cccc(N5C=CN(c6cc(C(C)(C)C)cc(C(C)(C)C)c6)C5)c4)ccc3c3c2c2ccccc2n3-c2ccccc2)ncc1-c1ccc(-c2ccccc2)cc1. The number of pyridine rings is 1. The van der Waals surface area contributed by atoms with Gasteiger partial charge in [0, 0.05) is 64.1 Å². The minimum atomic E-state index is 0.0397. The van der Waals surface area contributed by atoms with E-state index < -0.39 is 0 Å². The van der Waals surface area contributed by atoms with Gasteiger partial charge >= 0.3 is 0 Å². The first kappa shape index (κ1) is 41.8. The average Bonchev–Trinajstić information content (AvgIpc) is 4.05. The van der Waals surface area contributed by atoms with Crippen molar-refractivity contribution in [2.45, 2.75) is 59.3 Å². The Labute approximate surface area is 393 Å². The fourth-order valence-corrected chi connectivity index (χ4v) is 9.56. The molecule has 6 heteroatoms. The molecule has 0 spiro atoms. The first-order valence-electron chi connectivity index (χ1n) is 23.3. The van der Waals surface area contributed by atoms with Crippen molar-refractivity contribution in [3.8, 4) is 45.3 Å². The van der Waals surface area contributed by atoms with Crippen LogP contribution >= 0.6 is 0 Å². The number of benzene rings is 7. The summed E-state index contributed by atoms with van der Waals surface area (Å²) in [5.41, 5.74) is 16.3. The van der Waals surface area contributed by atoms with Crippen LogP contribution in [0.15, 0.2) is 195 Å². The van der Waals surface area contributed by atoms with Gasteiger partial charge in [0.2, 0.25) is 0 Å². The Morgan fingerprint density at radius 3 is 1.75 bits per heavy atom. The number of ether oxygens (including phenoxy) is 1. The molecular weight excluding hydrogens is 819 g/mol. The zero-order valence-electron chi connectivity index (χ0n) is 39.3. The quantitative estimate of drug-likeness (QED) is 0.152. The van der Waals surface area contributed by atoms with E-state index >= 15 is 0 Å². The Hall–Kier alpha value is -7.83. The largest absolute Gasteiger partial charge is 0.457 e. The van der Waals surface area contributed by atoms with E-state index in [1.54, 1.807) is 0 Å². The van der Waals surface area contributed by atoms with Gasteiger partial charge in [0.25, 0.3) is 0 Å². The highest BCUT2D eigenvalue weighted by Crippen LogP contribution is 2.43. The van der Waals surface area contributed by atoms with Crippen LogP contribution in [0.3, 0.4) is 0 Å². The zero-order valence-corrected chi connectivity index (χ0v) is 39.3. The van der Waals surface area contributed by atoms with Gasteiger partial charge in [-0.3, -0.25) is 4.57 Å². The van der Waals surface area contributed by atoms with Crippen LogP contribution in [0.5, 0.6) is 11.5 Å². The number of anilines is 2. The first-order chi connectivity index (χ1) is 32.4. The monoisotopic (exact) mass is 873 g/mol. The Kier molecular flexibility index (Phi) is 10.1. The molecule has 0 N–H and O–H groups in total. The van der Waals surface area contributed by atoms with Crippen LogP contribution in [-0.2, 0) is 10.8 Å². The average molecular weight is 874 g/mol. The van der Waals surface area contributed by atoms with Crippen LogP contribution in [0.2, 0.25) is 0 Å². The zero-order chi connectivity index (χ0) is 46.0. The standard InChI is InChI=1S/C61H55N5O/c1-41-33-57(62-39-54(41)44-27-25-43(26-28-44)42-17-10-8-11-18-42)66-56-38-51(29-30-53(56)58-59(66)52-23-14-15-24-55(52)65(58)47-19-12-9-13-20-47)67-50-22-16-21-48(37-50)63-31-32-64(40-63)49-35-45(60(2,3)4)34-46(36-49)61(5,6)7/h8-39H,40H2,1-7H3. The maximum atomic E-state index is 6.81. The van der Waals surface area contributed by atoms with E-state index in [9.17, 15) is 0 Å². The van der Waals surface area contributed by atoms with Gasteiger partial charge in [-0.1, -0.05) is 145 Å². The van der Waals surface area contributed by atoms with Gasteiger partial charge in [-0.05, 0) is 112 Å². The second-order valence-electron chi connectivity index (χ2n) is 19.9. The molecule has 7 aromatic carbocycles. The summed E-state index contributed by atoms with van der Waals surface area (Å²) in [6.07, 6.45) is 6.38. The maximum absolute atomic E-state index is 6.81. The lowest BCUT2D eigenvalue weighted by Gasteiger charge is -2.29. The molecule has 67 heavy (non-hydrogen) atoms. The van der Waals surface area contributed by atoms with Crippen molar-refractivity contribution in [2.24, 2.45) is 0 Å². The summed E-state index contributed by atoms with van der Waals surface area (Å²) < 4.78 is 11.5. The summed E-state index contributed by atoms with van der Waals surface area (Å²) in [5.74, 6) is 2.37. The van der Waals surface area contributed by atoms with Gasteiger partial charge in [-0.25, -0.2) is 4.98 Å². The highest BCUT2D eigenvalue weighted by Gasteiger charge is 2.26. The number of hydrogen-bond donors (Lipinski definition) is 0. The molecule has 0 saturated heterocycles. The lowest BCUT2D eigenvalue weighted by molar-refractivity contribution is 0.483. The number of aromatic nitrogens is 3. The summed E-state index contributed by atoms with van der Waals surface area (Å²) in [4.78, 5) is 9.86. The molecule has 0 aliphatic carbocycles. The minimum Gasteiger partial charge on any atom is -0.457 e. The molecule has 3 aromatic heterocycles. The van der Waals surface area contributed by atoms with E-state index in [1.165, 1.54) is 27.9 Å². The summed E-state index contributed by atoms with van der Waals surface area (Å²) in [7, 11) is 0. The van der Waals surface area contributed by atoms with Gasteiger partial charge in [0.05, 0.1) is 28.7 Å². The van der Waals surface area contributed by atoms with Gasteiger partial charge in [-0.15, -0.1) is 0 Å². The topological polar surface area (TPSA) is 38.5 Å². The molecular formula is C61H55N5O. The van der Waals surface area contributed by atoms with Gasteiger partial charge in [-0.2, -0.15) is 0 Å². The highest BCUT2D eigenvalue weighted by atomic mass is 16.5. The van der Waals surface area contributed by atoms with E-state index in [0.29, 0.717) is 6.67 Å². The van der Waals surface area contributed by atoms with Crippen molar-refractivity contribution < 1.29 is 4.74 Å². The maximum Gasteiger partial charge on any atom is 0.137 e. The van der Waals surface area contributed by atoms with Crippen molar-refractivity contribution in [1.29, 1.82) is 0 Å². The number of rotatable bonds is 8. The second-order valence-corrected chi connectivity index (χ2v) is 19.9. The number of fused-ring (bicyclic) bond motifs is 5. The molecule has 0 bridgehead atoms. The minimum absolute atomic E-state index is 0.0397. The molecule has 330 valence electrons. The molecule has 4 heterocycles. The molecule has 0 unspecified atom stereocenters. The number of para-hydroxylation sites is 2. The molecule has 0 atom stereocenters. The van der Waals surface area contributed by atoms with Crippen LogP contribution < -0.4 is 14.5 Å². The van der Waals surface area contributed by atoms with E-state index in [2.05, 4.69) is 250 Å². The fourth-order valence-electron chi connectivity index (χ4n) is 9.56. The van der Waals surface area contributed by atoms with E-state index in [0.717, 1.165) is 78.2 Å². The molecule has 0 amide bonds. The smallest absolute Gasteiger partial charge is 0.137 e. The third-order valence-corrected chi connectivity index (χ3v) is 13.3. The van der Waals surface area contributed by atoms with Crippen molar-refractivity contribution >= 4 is 44.2 Å². The predicted molar refractivity (Wildman–Crippen MR) is 280 cm³/mol. The molecule has 11 rings (SSSR count). The predicted octanol–water partition coefficient (Wildman–Crippen LogP) is 15.9. The van der Waals surface area contributed by atoms with E-state index in [1.807, 2.05) is 12.3 Å². The van der Waals surface area contributed by atoms with Gasteiger partial charge in [0.1, 0.15) is 17.3 Å². The van der Waals surface area contributed by atoms with Gasteiger partial charge < -0.3 is 19.1 Å². The van der Waals surface area contributed by atoms with Crippen molar-refractivity contribution in [3.05, 3.63) is 211 Å². The molecule has 0 radical (unpaired) electrons. The normalized spacial score (nSPS) is 13.1. The van der Waals surface area contributed by atoms with Crippen LogP contribution in [0, 0.1) is 6.92 Å². The second kappa shape index (κ2) is 16.2. The van der Waals surface area contributed by atoms with Crippen molar-refractivity contribution in [2.75, 3.05) is 16.5 Å². The fraction of sp³-hybridized carbons (Fsp3) is 0.164. The Balaban J connectivity index is 0.969. The Morgan fingerprint density at radius 2 is 1.04 bits per heavy atom. The molecule has 1 aliphatic heterocycles. The Morgan fingerprint density at radius 1 is 0.463 bits per heavy atom. The molecule has 10 aromatic rings. The third kappa shape index (κ3) is 7.72. The Bertz CT molecular complexity index is 3460. The van der Waals surface area contributed by atoms with Crippen LogP contribution in [0.25, 0.3) is 66.6 Å². The third-order valence-electron chi connectivity index (χ3n) is 13.3. The van der Waals surface area contributed by atoms with Crippen molar-refractivity contribution in [1.82, 2.24) is 14.1 Å². The summed E-state index contributed by atoms with van der Waals surface area (Å²) in [6, 6.07) is 62.8. The van der Waals surface area contributed by atoms with Crippen LogP contribution in [0.4, 0.5) is 11.4 Å². The van der Waals surface area contributed by atoms with Crippen LogP contribution in [-0.4, -0.2) is 20.8 Å². The molecule has 0 fully saturated rings. The van der Waals surface area contributed by atoms with E-state index in [4.69, 9.17) is 9.72 Å². The van der Waals surface area contributed by atoms with E-state index in [-0.39, 0.29) is 10.8 Å². The van der Waals surface area contributed by atoms with Crippen LogP contribution in [0.1, 0.15) is 58.2 Å². The number of nitrogens with zero attached hydrogens (tertiary/aromatic N) is 5. The first-order valence-corrected chi connectivity index (χ1v) is 23.3. The summed E-state index contributed by atoms with van der Waals surface area (Å²) >= 11 is 0. The molecule has 0 saturated carbocycles. The number of hydrogen-bond acceptors (Lipinski definition) is 4. The lowest BCUT2D eigenvalue weighted by atomic mass is 9.80. The molecule has 6 nitrogen and oxygen atoms in total. The number of aryl methyl sites for hydroxylation is 1. The van der Waals surface area contributed by atoms with Gasteiger partial charge in [0.15, 0.2) is 0 Å².